The molecule has 4 rings (SSSR count). The molecule has 0 aromatic heterocycles. The molecule has 0 saturated carbocycles. The molecule has 0 unspecified atom stereocenters. The van der Waals surface area contributed by atoms with Crippen LogP contribution >= 0.6 is 0 Å². The van der Waals surface area contributed by atoms with Crippen LogP contribution in [0.1, 0.15) is 22.6 Å². The molecule has 0 radical (unpaired) electrons. The molecule has 1 aliphatic carbocycles. The van der Waals surface area contributed by atoms with Crippen LogP contribution in [0.4, 0.5) is 4.79 Å². The van der Waals surface area contributed by atoms with Gasteiger partial charge in [-0.3, -0.25) is 0 Å². The zero-order valence-corrected chi connectivity index (χ0v) is 18.4. The first-order valence-corrected chi connectivity index (χ1v) is 10.6. The Labute approximate surface area is 191 Å². The van der Waals surface area contributed by atoms with Gasteiger partial charge in [0.1, 0.15) is 12.6 Å². The van der Waals surface area contributed by atoms with Gasteiger partial charge >= 0.3 is 12.1 Å². The fraction of sp³-hybridized carbons (Fsp3) is 0.231. The Kier molecular flexibility index (Phi) is 6.49. The monoisotopic (exact) mass is 447 g/mol. The highest BCUT2D eigenvalue weighted by Gasteiger charge is 2.30. The average Bonchev–Trinajstić information content (AvgIpc) is 3.15. The number of carboxylic acids is 1. The predicted molar refractivity (Wildman–Crippen MR) is 123 cm³/mol. The Hall–Kier alpha value is -4.00. The predicted octanol–water partition coefficient (Wildman–Crippen LogP) is 4.24. The summed E-state index contributed by atoms with van der Waals surface area (Å²) in [4.78, 5) is 24.4. The molecule has 33 heavy (non-hydrogen) atoms. The minimum Gasteiger partial charge on any atom is -0.493 e. The molecule has 7 heteroatoms. The molecule has 3 aromatic rings. The number of hydrogen-bond acceptors (Lipinski definition) is 5. The molecule has 0 heterocycles. The molecule has 0 spiro atoms. The number of para-hydroxylation sites is 1. The van der Waals surface area contributed by atoms with Crippen LogP contribution in [0.5, 0.6) is 11.5 Å². The molecule has 3 aromatic carbocycles. The van der Waals surface area contributed by atoms with E-state index in [0.29, 0.717) is 17.1 Å². The summed E-state index contributed by atoms with van der Waals surface area (Å²) in [6.45, 7) is 0.106. The number of carbonyl (C=O) groups is 2. The normalized spacial score (nSPS) is 12.9. The van der Waals surface area contributed by atoms with Crippen molar-refractivity contribution < 1.29 is 28.9 Å². The molecule has 0 fully saturated rings. The Morgan fingerprint density at radius 2 is 1.55 bits per heavy atom. The maximum Gasteiger partial charge on any atom is 0.407 e. The van der Waals surface area contributed by atoms with Gasteiger partial charge in [0.15, 0.2) is 11.5 Å². The van der Waals surface area contributed by atoms with E-state index in [1.165, 1.54) is 14.2 Å². The topological polar surface area (TPSA) is 94.1 Å². The number of alkyl carbamates (subject to hydrolysis) is 1. The van der Waals surface area contributed by atoms with Gasteiger partial charge in [0.2, 0.25) is 0 Å². The van der Waals surface area contributed by atoms with Crippen molar-refractivity contribution in [1.29, 1.82) is 0 Å². The van der Waals surface area contributed by atoms with Crippen LogP contribution in [0.25, 0.3) is 11.1 Å². The summed E-state index contributed by atoms with van der Waals surface area (Å²) in [5, 5.41) is 12.1. The van der Waals surface area contributed by atoms with E-state index in [0.717, 1.165) is 22.3 Å². The van der Waals surface area contributed by atoms with E-state index in [1.54, 1.807) is 18.2 Å². The maximum atomic E-state index is 12.6. The van der Waals surface area contributed by atoms with Crippen LogP contribution in [0.2, 0.25) is 0 Å². The molecule has 1 amide bonds. The van der Waals surface area contributed by atoms with Crippen molar-refractivity contribution in [2.75, 3.05) is 20.8 Å². The van der Waals surface area contributed by atoms with Crippen LogP contribution in [-0.2, 0) is 16.0 Å². The largest absolute Gasteiger partial charge is 0.493 e. The Balaban J connectivity index is 1.45. The van der Waals surface area contributed by atoms with Gasteiger partial charge in [-0.05, 0) is 28.3 Å². The third kappa shape index (κ3) is 4.48. The van der Waals surface area contributed by atoms with Gasteiger partial charge in [0.25, 0.3) is 0 Å². The molecule has 170 valence electrons. The highest BCUT2D eigenvalue weighted by molar-refractivity contribution is 5.81. The van der Waals surface area contributed by atoms with Crippen LogP contribution in [0.3, 0.4) is 0 Å². The Bertz CT molecular complexity index is 1130. The molecule has 1 aliphatic rings. The Morgan fingerprint density at radius 1 is 0.909 bits per heavy atom. The number of rotatable bonds is 8. The number of aliphatic carboxylic acids is 1. The molecular weight excluding hydrogens is 422 g/mol. The summed E-state index contributed by atoms with van der Waals surface area (Å²) in [6.07, 6.45) is -0.772. The molecule has 0 aliphatic heterocycles. The van der Waals surface area contributed by atoms with Crippen molar-refractivity contribution >= 4 is 12.1 Å². The van der Waals surface area contributed by atoms with Crippen molar-refractivity contribution in [3.63, 3.8) is 0 Å². The molecule has 2 N–H and O–H groups in total. The van der Waals surface area contributed by atoms with E-state index >= 15 is 0 Å². The second kappa shape index (κ2) is 9.65. The van der Waals surface area contributed by atoms with E-state index in [1.807, 2.05) is 36.4 Å². The lowest BCUT2D eigenvalue weighted by atomic mass is 9.98. The summed E-state index contributed by atoms with van der Waals surface area (Å²) < 4.78 is 16.1. The zero-order valence-electron chi connectivity index (χ0n) is 18.4. The number of methoxy groups -OCH3 is 2. The third-order valence-electron chi connectivity index (χ3n) is 5.84. The number of carbonyl (C=O) groups excluding carboxylic acids is 1. The number of ether oxygens (including phenoxy) is 3. The lowest BCUT2D eigenvalue weighted by Crippen LogP contribution is -2.43. The number of benzene rings is 3. The van der Waals surface area contributed by atoms with Crippen LogP contribution < -0.4 is 14.8 Å². The number of amides is 1. The maximum absolute atomic E-state index is 12.6. The van der Waals surface area contributed by atoms with Crippen molar-refractivity contribution in [1.82, 2.24) is 5.32 Å². The van der Waals surface area contributed by atoms with Gasteiger partial charge in [0, 0.05) is 17.9 Å². The second-order valence-electron chi connectivity index (χ2n) is 7.72. The highest BCUT2D eigenvalue weighted by Crippen LogP contribution is 2.44. The first kappa shape index (κ1) is 22.2. The van der Waals surface area contributed by atoms with Gasteiger partial charge in [0.05, 0.1) is 14.2 Å². The fourth-order valence-corrected chi connectivity index (χ4v) is 4.32. The van der Waals surface area contributed by atoms with E-state index in [9.17, 15) is 14.7 Å². The molecule has 0 saturated heterocycles. The summed E-state index contributed by atoms with van der Waals surface area (Å²) in [5.41, 5.74) is 5.01. The fourth-order valence-electron chi connectivity index (χ4n) is 4.32. The van der Waals surface area contributed by atoms with E-state index in [2.05, 4.69) is 17.4 Å². The molecule has 1 atom stereocenters. The lowest BCUT2D eigenvalue weighted by Gasteiger charge is -2.19. The van der Waals surface area contributed by atoms with Gasteiger partial charge < -0.3 is 24.6 Å². The van der Waals surface area contributed by atoms with Crippen molar-refractivity contribution in [3.05, 3.63) is 83.4 Å². The minimum atomic E-state index is -1.19. The van der Waals surface area contributed by atoms with Crippen LogP contribution in [-0.4, -0.2) is 44.0 Å². The summed E-state index contributed by atoms with van der Waals surface area (Å²) >= 11 is 0. The zero-order chi connectivity index (χ0) is 23.4. The summed E-state index contributed by atoms with van der Waals surface area (Å²) in [5.74, 6) is -0.362. The SMILES string of the molecule is COc1cccc(C[C@@H](NC(=O)OCC2c3ccccc3-c3ccccc32)C(=O)O)c1OC. The smallest absolute Gasteiger partial charge is 0.407 e. The van der Waals surface area contributed by atoms with Gasteiger partial charge in [-0.2, -0.15) is 0 Å². The Morgan fingerprint density at radius 3 is 2.12 bits per heavy atom. The lowest BCUT2D eigenvalue weighted by molar-refractivity contribution is -0.139. The second-order valence-corrected chi connectivity index (χ2v) is 7.72. The van der Waals surface area contributed by atoms with E-state index in [-0.39, 0.29) is 18.9 Å². The van der Waals surface area contributed by atoms with Crippen molar-refractivity contribution in [2.45, 2.75) is 18.4 Å². The van der Waals surface area contributed by atoms with Gasteiger partial charge in [-0.1, -0.05) is 60.7 Å². The highest BCUT2D eigenvalue weighted by atomic mass is 16.5. The quantitative estimate of drug-likeness (QED) is 0.537. The van der Waals surface area contributed by atoms with Crippen molar-refractivity contribution in [2.24, 2.45) is 0 Å². The van der Waals surface area contributed by atoms with E-state index in [4.69, 9.17) is 14.2 Å². The molecular formula is C26H25NO6. The third-order valence-corrected chi connectivity index (χ3v) is 5.84. The number of carboxylic acid groups (broad SMARTS) is 1. The minimum absolute atomic E-state index is 0.0138. The molecule has 7 nitrogen and oxygen atoms in total. The first-order valence-electron chi connectivity index (χ1n) is 10.6. The van der Waals surface area contributed by atoms with Crippen LogP contribution in [0, 0.1) is 0 Å². The average molecular weight is 447 g/mol. The van der Waals surface area contributed by atoms with Crippen molar-refractivity contribution in [3.8, 4) is 22.6 Å². The van der Waals surface area contributed by atoms with Gasteiger partial charge in [-0.25, -0.2) is 9.59 Å². The van der Waals surface area contributed by atoms with Gasteiger partial charge in [-0.15, -0.1) is 0 Å². The first-order chi connectivity index (χ1) is 16.0. The standard InChI is InChI=1S/C26H25NO6/c1-31-23-13-7-8-16(24(23)32-2)14-22(25(28)29)27-26(30)33-15-21-19-11-5-3-9-17(19)18-10-4-6-12-20(18)21/h3-13,21-22H,14-15H2,1-2H3,(H,27,30)(H,28,29)/t22-/m1/s1. The number of hydrogen-bond donors (Lipinski definition) is 2. The number of nitrogens with one attached hydrogen (secondary N) is 1. The summed E-state index contributed by atoms with van der Waals surface area (Å²) in [7, 11) is 2.99. The molecule has 0 bridgehead atoms. The number of fused-ring (bicyclic) bond motifs is 3. The van der Waals surface area contributed by atoms with Crippen LogP contribution in [0.15, 0.2) is 66.7 Å². The summed E-state index contributed by atoms with van der Waals surface area (Å²) in [6, 6.07) is 20.0. The van der Waals surface area contributed by atoms with E-state index < -0.39 is 18.1 Å².